The predicted octanol–water partition coefficient (Wildman–Crippen LogP) is 12.9. The van der Waals surface area contributed by atoms with Crippen molar-refractivity contribution < 1.29 is 52.7 Å². The van der Waals surface area contributed by atoms with Crippen molar-refractivity contribution in [3.8, 4) is 28.6 Å². The van der Waals surface area contributed by atoms with Gasteiger partial charge in [0.1, 0.15) is 0 Å². The van der Waals surface area contributed by atoms with E-state index in [1.54, 1.807) is 6.07 Å². The van der Waals surface area contributed by atoms with E-state index < -0.39 is 47.0 Å². The first-order chi connectivity index (χ1) is 26.3. The second-order valence-corrected chi connectivity index (χ2v) is 12.8. The summed E-state index contributed by atoms with van der Waals surface area (Å²) < 4.78 is 170. The van der Waals surface area contributed by atoms with Crippen LogP contribution in [0, 0.1) is 11.3 Å². The van der Waals surface area contributed by atoms with Gasteiger partial charge in [-0.05, 0) is 78.9 Å². The molecule has 8 rings (SSSR count). The van der Waals surface area contributed by atoms with Crippen molar-refractivity contribution in [3.05, 3.63) is 137 Å². The Bertz CT molecular complexity index is 2630. The maximum absolute atomic E-state index is 14.0. The zero-order chi connectivity index (χ0) is 40.1. The van der Waals surface area contributed by atoms with Gasteiger partial charge in [0.2, 0.25) is 0 Å². The smallest absolute Gasteiger partial charge is 0.307 e. The van der Waals surface area contributed by atoms with Gasteiger partial charge < -0.3 is 9.13 Å². The molecule has 16 heteroatoms. The Balaban J connectivity index is 1.55. The number of fused-ring (bicyclic) bond motifs is 6. The summed E-state index contributed by atoms with van der Waals surface area (Å²) in [6.45, 7) is 0. The molecule has 4 nitrogen and oxygen atoms in total. The minimum absolute atomic E-state index is 0.00572. The van der Waals surface area contributed by atoms with E-state index in [2.05, 4.69) is 4.98 Å². The van der Waals surface area contributed by atoms with Crippen LogP contribution in [0.2, 0.25) is 0 Å². The van der Waals surface area contributed by atoms with E-state index >= 15 is 0 Å². The maximum Gasteiger partial charge on any atom is 0.416 e. The number of benzene rings is 5. The summed E-state index contributed by atoms with van der Waals surface area (Å²) in [5.41, 5.74) is -4.33. The van der Waals surface area contributed by atoms with Crippen LogP contribution >= 0.6 is 0 Å². The van der Waals surface area contributed by atoms with Crippen LogP contribution in [0.4, 0.5) is 52.7 Å². The van der Waals surface area contributed by atoms with Crippen LogP contribution in [-0.4, -0.2) is 14.1 Å². The first kappa shape index (κ1) is 36.5. The van der Waals surface area contributed by atoms with Crippen LogP contribution in [0.15, 0.2) is 109 Å². The zero-order valence-electron chi connectivity index (χ0n) is 27.7. The van der Waals surface area contributed by atoms with Gasteiger partial charge in [0.05, 0.1) is 79.7 Å². The lowest BCUT2D eigenvalue weighted by Gasteiger charge is -2.20. The molecule has 0 saturated heterocycles. The van der Waals surface area contributed by atoms with E-state index in [1.165, 1.54) is 39.7 Å². The third kappa shape index (κ3) is 5.85. The van der Waals surface area contributed by atoms with Gasteiger partial charge in [-0.2, -0.15) is 57.9 Å². The molecule has 5 aromatic carbocycles. The molecule has 3 heterocycles. The number of nitriles is 1. The number of aromatic nitrogens is 3. The van der Waals surface area contributed by atoms with Crippen molar-refractivity contribution in [1.29, 1.82) is 5.26 Å². The average molecular weight is 783 g/mol. The van der Waals surface area contributed by atoms with Crippen molar-refractivity contribution in [1.82, 2.24) is 14.1 Å². The highest BCUT2D eigenvalue weighted by Crippen LogP contribution is 2.46. The molecule has 0 fully saturated rings. The highest BCUT2D eigenvalue weighted by Gasteiger charge is 2.36. The number of rotatable bonds is 3. The molecule has 0 saturated carbocycles. The highest BCUT2D eigenvalue weighted by molar-refractivity contribution is 6.12. The Morgan fingerprint density at radius 2 is 0.768 bits per heavy atom. The van der Waals surface area contributed by atoms with Gasteiger partial charge >= 0.3 is 24.7 Å². The van der Waals surface area contributed by atoms with E-state index in [4.69, 9.17) is 0 Å². The van der Waals surface area contributed by atoms with E-state index in [1.807, 2.05) is 6.07 Å². The summed E-state index contributed by atoms with van der Waals surface area (Å²) in [7, 11) is 0. The van der Waals surface area contributed by atoms with Gasteiger partial charge in [-0.1, -0.05) is 18.2 Å². The molecule has 0 radical (unpaired) electrons. The lowest BCUT2D eigenvalue weighted by atomic mass is 9.97. The van der Waals surface area contributed by atoms with Crippen molar-refractivity contribution in [2.75, 3.05) is 0 Å². The quantitative estimate of drug-likeness (QED) is 0.168. The molecule has 0 aliphatic carbocycles. The van der Waals surface area contributed by atoms with Crippen LogP contribution < -0.4 is 0 Å². The number of pyridine rings is 1. The summed E-state index contributed by atoms with van der Waals surface area (Å²) in [4.78, 5) is 4.35. The van der Waals surface area contributed by atoms with Crippen LogP contribution in [0.3, 0.4) is 0 Å². The van der Waals surface area contributed by atoms with Crippen LogP contribution in [0.25, 0.3) is 66.1 Å². The summed E-state index contributed by atoms with van der Waals surface area (Å²) in [6.07, 6.45) is -17.0. The summed E-state index contributed by atoms with van der Waals surface area (Å²) in [5, 5.41) is 9.35. The van der Waals surface area contributed by atoms with E-state index in [-0.39, 0.29) is 71.7 Å². The molecular weight excluding hydrogens is 764 g/mol. The normalized spacial score (nSPS) is 13.0. The molecule has 0 bridgehead atoms. The number of halogens is 12. The molecule has 0 atom stereocenters. The molecule has 0 N–H and O–H groups in total. The van der Waals surface area contributed by atoms with Crippen LogP contribution in [0.5, 0.6) is 0 Å². The fourth-order valence-corrected chi connectivity index (χ4v) is 7.12. The fourth-order valence-electron chi connectivity index (χ4n) is 7.12. The zero-order valence-corrected chi connectivity index (χ0v) is 27.7. The number of nitrogens with zero attached hydrogens (tertiary/aromatic N) is 4. The van der Waals surface area contributed by atoms with E-state index in [0.717, 1.165) is 48.5 Å². The minimum atomic E-state index is -4.88. The van der Waals surface area contributed by atoms with Crippen molar-refractivity contribution in [3.63, 3.8) is 0 Å². The standard InChI is InChI=1S/C40H18F12N4/c41-37(42,43)21-5-9-30-26(13-21)27-14-22(38(44,45)46)6-10-31(27)55(30)34-18-54-19-35(36(34)25-4-2-1-3-20(25)17-53)56-32-11-7-23(39(47,48)49)15-28(32)29-16-24(40(50,51)52)8-12-33(29)56/h1-16,18-19H. The molecule has 56 heavy (non-hydrogen) atoms. The first-order valence-corrected chi connectivity index (χ1v) is 16.2. The molecule has 3 aromatic heterocycles. The summed E-state index contributed by atoms with van der Waals surface area (Å²) in [5.74, 6) is 0. The largest absolute Gasteiger partial charge is 0.416 e. The van der Waals surface area contributed by atoms with Gasteiger partial charge in [0, 0.05) is 32.7 Å². The molecule has 282 valence electrons. The Morgan fingerprint density at radius 3 is 1.07 bits per heavy atom. The highest BCUT2D eigenvalue weighted by atomic mass is 19.4. The first-order valence-electron chi connectivity index (χ1n) is 16.2. The van der Waals surface area contributed by atoms with Crippen molar-refractivity contribution >= 4 is 43.6 Å². The van der Waals surface area contributed by atoms with Gasteiger partial charge in [-0.3, -0.25) is 4.98 Å². The molecule has 8 aromatic rings. The van der Waals surface area contributed by atoms with Crippen LogP contribution in [0.1, 0.15) is 27.8 Å². The Morgan fingerprint density at radius 1 is 0.446 bits per heavy atom. The molecule has 0 amide bonds. The summed E-state index contributed by atoms with van der Waals surface area (Å²) >= 11 is 0. The number of hydrogen-bond acceptors (Lipinski definition) is 2. The monoisotopic (exact) mass is 782 g/mol. The molecular formula is C40H18F12N4. The van der Waals surface area contributed by atoms with Gasteiger partial charge in [-0.15, -0.1) is 0 Å². The third-order valence-corrected chi connectivity index (χ3v) is 9.54. The lowest BCUT2D eigenvalue weighted by Crippen LogP contribution is -2.07. The van der Waals surface area contributed by atoms with E-state index in [0.29, 0.717) is 24.3 Å². The topological polar surface area (TPSA) is 46.5 Å². The van der Waals surface area contributed by atoms with Gasteiger partial charge in [0.25, 0.3) is 0 Å². The maximum atomic E-state index is 14.0. The second kappa shape index (κ2) is 12.3. The Hall–Kier alpha value is -6.50. The average Bonchev–Trinajstić information content (AvgIpc) is 3.64. The second-order valence-electron chi connectivity index (χ2n) is 12.8. The fraction of sp³-hybridized carbons (Fsp3) is 0.100. The van der Waals surface area contributed by atoms with Crippen molar-refractivity contribution in [2.24, 2.45) is 0 Å². The molecule has 0 spiro atoms. The van der Waals surface area contributed by atoms with E-state index in [9.17, 15) is 57.9 Å². The number of alkyl halides is 12. The Labute approximate surface area is 306 Å². The number of hydrogen-bond donors (Lipinski definition) is 0. The molecule has 0 aliphatic heterocycles. The minimum Gasteiger partial charge on any atom is -0.307 e. The Kier molecular flexibility index (Phi) is 7.98. The lowest BCUT2D eigenvalue weighted by molar-refractivity contribution is -0.138. The third-order valence-electron chi connectivity index (χ3n) is 9.54. The summed E-state index contributed by atoms with van der Waals surface area (Å²) in [6, 6.07) is 18.1. The van der Waals surface area contributed by atoms with Crippen LogP contribution in [-0.2, 0) is 24.7 Å². The predicted molar refractivity (Wildman–Crippen MR) is 183 cm³/mol. The molecule has 0 aliphatic rings. The van der Waals surface area contributed by atoms with Gasteiger partial charge in [0.15, 0.2) is 0 Å². The SMILES string of the molecule is N#Cc1ccccc1-c1c(-n2c3ccc(C(F)(F)F)cc3c3cc(C(F)(F)F)ccc32)cncc1-n1c2ccc(C(F)(F)F)cc2c2cc(C(F)(F)F)ccc21. The van der Waals surface area contributed by atoms with Crippen molar-refractivity contribution in [2.45, 2.75) is 24.7 Å². The van der Waals surface area contributed by atoms with Gasteiger partial charge in [-0.25, -0.2) is 0 Å². The molecule has 0 unspecified atom stereocenters.